The average Bonchev–Trinajstić information content (AvgIpc) is 2.91. The minimum absolute atomic E-state index is 0.407. The molecule has 0 atom stereocenters. The van der Waals surface area contributed by atoms with Gasteiger partial charge in [-0.15, -0.1) is 0 Å². The number of aromatic nitrogens is 2. The first-order chi connectivity index (χ1) is 11.3. The van der Waals surface area contributed by atoms with Gasteiger partial charge in [-0.3, -0.25) is 0 Å². The third kappa shape index (κ3) is 3.59. The molecule has 0 bridgehead atoms. The normalized spacial score (nSPS) is 14.9. The van der Waals surface area contributed by atoms with Gasteiger partial charge in [0.05, 0.1) is 12.8 Å². The highest BCUT2D eigenvalue weighted by Crippen LogP contribution is 2.24. The van der Waals surface area contributed by atoms with Gasteiger partial charge < -0.3 is 9.64 Å². The number of ether oxygens (including phenoxy) is 1. The van der Waals surface area contributed by atoms with E-state index >= 15 is 0 Å². The lowest BCUT2D eigenvalue weighted by Crippen LogP contribution is -2.26. The van der Waals surface area contributed by atoms with E-state index in [2.05, 4.69) is 16.0 Å². The Bertz CT molecular complexity index is 698. The Morgan fingerprint density at radius 2 is 1.74 bits per heavy atom. The van der Waals surface area contributed by atoms with Crippen LogP contribution in [0.3, 0.4) is 0 Å². The van der Waals surface area contributed by atoms with Crippen LogP contribution < -0.4 is 9.64 Å². The third-order valence-electron chi connectivity index (χ3n) is 4.10. The smallest absolute Gasteiger partial charge is 0.227 e. The molecule has 0 unspecified atom stereocenters. The first-order valence-corrected chi connectivity index (χ1v) is 7.99. The second-order valence-electron chi connectivity index (χ2n) is 5.68. The summed E-state index contributed by atoms with van der Waals surface area (Å²) in [6.07, 6.45) is 4.80. The van der Waals surface area contributed by atoms with Crippen LogP contribution in [-0.2, 0) is 0 Å². The summed E-state index contributed by atoms with van der Waals surface area (Å²) < 4.78 is 5.19. The standard InChI is InChI=1S/C18H20N4O/c1-23-16-8-6-14(7-9-16)17-12-15(13-19)20-18(21-17)22-10-4-2-3-5-11-22/h6-9,12H,2-5,10-11H2,1H3. The molecule has 1 aromatic carbocycles. The van der Waals surface area contributed by atoms with Crippen LogP contribution >= 0.6 is 0 Å². The van der Waals surface area contributed by atoms with Crippen molar-refractivity contribution in [1.29, 1.82) is 5.26 Å². The maximum absolute atomic E-state index is 9.29. The van der Waals surface area contributed by atoms with E-state index in [0.717, 1.165) is 42.9 Å². The Kier molecular flexibility index (Phi) is 4.72. The van der Waals surface area contributed by atoms with Crippen LogP contribution in [0.25, 0.3) is 11.3 Å². The van der Waals surface area contributed by atoms with E-state index in [1.165, 1.54) is 12.8 Å². The zero-order valence-electron chi connectivity index (χ0n) is 13.3. The van der Waals surface area contributed by atoms with Crippen molar-refractivity contribution in [3.63, 3.8) is 0 Å². The van der Waals surface area contributed by atoms with Crippen LogP contribution in [0.5, 0.6) is 5.75 Å². The second-order valence-corrected chi connectivity index (χ2v) is 5.68. The Morgan fingerprint density at radius 3 is 2.35 bits per heavy atom. The summed E-state index contributed by atoms with van der Waals surface area (Å²) in [6, 6.07) is 11.6. The number of methoxy groups -OCH3 is 1. The van der Waals surface area contributed by atoms with Crippen LogP contribution in [0.2, 0.25) is 0 Å². The van der Waals surface area contributed by atoms with Gasteiger partial charge in [0.25, 0.3) is 0 Å². The predicted molar refractivity (Wildman–Crippen MR) is 89.4 cm³/mol. The van der Waals surface area contributed by atoms with Crippen molar-refractivity contribution in [1.82, 2.24) is 9.97 Å². The van der Waals surface area contributed by atoms with Gasteiger partial charge >= 0.3 is 0 Å². The summed E-state index contributed by atoms with van der Waals surface area (Å²) in [5.41, 5.74) is 2.14. The molecule has 0 aliphatic carbocycles. The van der Waals surface area contributed by atoms with Crippen molar-refractivity contribution >= 4 is 5.95 Å². The molecule has 1 fully saturated rings. The van der Waals surface area contributed by atoms with Crippen LogP contribution in [0.15, 0.2) is 30.3 Å². The first-order valence-electron chi connectivity index (χ1n) is 7.99. The lowest BCUT2D eigenvalue weighted by molar-refractivity contribution is 0.415. The van der Waals surface area contributed by atoms with Gasteiger partial charge in [-0.25, -0.2) is 9.97 Å². The topological polar surface area (TPSA) is 62.0 Å². The molecule has 23 heavy (non-hydrogen) atoms. The molecule has 1 aliphatic heterocycles. The Balaban J connectivity index is 1.96. The van der Waals surface area contributed by atoms with Gasteiger partial charge in [-0.2, -0.15) is 5.26 Å². The van der Waals surface area contributed by atoms with Gasteiger partial charge in [0.1, 0.15) is 17.5 Å². The minimum Gasteiger partial charge on any atom is -0.497 e. The quantitative estimate of drug-likeness (QED) is 0.869. The zero-order chi connectivity index (χ0) is 16.1. The third-order valence-corrected chi connectivity index (χ3v) is 4.10. The van der Waals surface area contributed by atoms with Crippen LogP contribution in [-0.4, -0.2) is 30.2 Å². The molecule has 118 valence electrons. The van der Waals surface area contributed by atoms with Crippen molar-refractivity contribution in [2.75, 3.05) is 25.1 Å². The van der Waals surface area contributed by atoms with Crippen LogP contribution in [0.1, 0.15) is 31.4 Å². The highest BCUT2D eigenvalue weighted by Gasteiger charge is 2.15. The average molecular weight is 308 g/mol. The van der Waals surface area contributed by atoms with Gasteiger partial charge in [0.15, 0.2) is 0 Å². The molecule has 2 heterocycles. The molecule has 1 aliphatic rings. The summed E-state index contributed by atoms with van der Waals surface area (Å²) in [7, 11) is 1.64. The first kappa shape index (κ1) is 15.3. The molecule has 0 amide bonds. The van der Waals surface area contributed by atoms with E-state index in [9.17, 15) is 5.26 Å². The maximum atomic E-state index is 9.29. The molecule has 5 nitrogen and oxygen atoms in total. The SMILES string of the molecule is COc1ccc(-c2cc(C#N)nc(N3CCCCCC3)n2)cc1. The summed E-state index contributed by atoms with van der Waals surface area (Å²) >= 11 is 0. The molecule has 0 spiro atoms. The minimum atomic E-state index is 0.407. The molecule has 1 saturated heterocycles. The number of nitrogens with zero attached hydrogens (tertiary/aromatic N) is 4. The molecule has 0 saturated carbocycles. The highest BCUT2D eigenvalue weighted by molar-refractivity contribution is 5.63. The molecule has 2 aromatic rings. The fourth-order valence-corrected chi connectivity index (χ4v) is 2.81. The monoisotopic (exact) mass is 308 g/mol. The fraction of sp³-hybridized carbons (Fsp3) is 0.389. The highest BCUT2D eigenvalue weighted by atomic mass is 16.5. The lowest BCUT2D eigenvalue weighted by atomic mass is 10.1. The molecule has 0 N–H and O–H groups in total. The maximum Gasteiger partial charge on any atom is 0.227 e. The zero-order valence-corrected chi connectivity index (χ0v) is 13.3. The van der Waals surface area contributed by atoms with Crippen molar-refractivity contribution < 1.29 is 4.74 Å². The Morgan fingerprint density at radius 1 is 1.04 bits per heavy atom. The molecular weight excluding hydrogens is 288 g/mol. The summed E-state index contributed by atoms with van der Waals surface area (Å²) in [5.74, 6) is 1.47. The Hall–Kier alpha value is -2.61. The molecule has 1 aromatic heterocycles. The van der Waals surface area contributed by atoms with E-state index in [4.69, 9.17) is 9.72 Å². The van der Waals surface area contributed by atoms with E-state index in [0.29, 0.717) is 11.6 Å². The van der Waals surface area contributed by atoms with E-state index in [1.807, 2.05) is 24.3 Å². The summed E-state index contributed by atoms with van der Waals surface area (Å²) in [6.45, 7) is 1.91. The molecular formula is C18H20N4O. The summed E-state index contributed by atoms with van der Waals surface area (Å²) in [4.78, 5) is 11.3. The molecule has 3 rings (SSSR count). The molecule has 5 heteroatoms. The van der Waals surface area contributed by atoms with Crippen LogP contribution in [0, 0.1) is 11.3 Å². The lowest BCUT2D eigenvalue weighted by Gasteiger charge is -2.20. The number of hydrogen-bond acceptors (Lipinski definition) is 5. The fourth-order valence-electron chi connectivity index (χ4n) is 2.81. The number of anilines is 1. The van der Waals surface area contributed by atoms with E-state index < -0.39 is 0 Å². The number of rotatable bonds is 3. The van der Waals surface area contributed by atoms with Gasteiger partial charge in [0, 0.05) is 24.7 Å². The van der Waals surface area contributed by atoms with Gasteiger partial charge in [-0.05, 0) is 37.1 Å². The van der Waals surface area contributed by atoms with E-state index in [1.54, 1.807) is 13.2 Å². The van der Waals surface area contributed by atoms with Gasteiger partial charge in [0.2, 0.25) is 5.95 Å². The number of hydrogen-bond donors (Lipinski definition) is 0. The summed E-state index contributed by atoms with van der Waals surface area (Å²) in [5, 5.41) is 9.29. The van der Waals surface area contributed by atoms with Crippen molar-refractivity contribution in [3.05, 3.63) is 36.0 Å². The van der Waals surface area contributed by atoms with Crippen LogP contribution in [0.4, 0.5) is 5.95 Å². The van der Waals surface area contributed by atoms with E-state index in [-0.39, 0.29) is 0 Å². The molecule has 0 radical (unpaired) electrons. The number of nitriles is 1. The second kappa shape index (κ2) is 7.10. The van der Waals surface area contributed by atoms with Crippen molar-refractivity contribution in [2.45, 2.75) is 25.7 Å². The van der Waals surface area contributed by atoms with Crippen molar-refractivity contribution in [2.24, 2.45) is 0 Å². The van der Waals surface area contributed by atoms with Gasteiger partial charge in [-0.1, -0.05) is 12.8 Å². The largest absolute Gasteiger partial charge is 0.497 e. The number of benzene rings is 1. The Labute approximate surface area is 136 Å². The predicted octanol–water partition coefficient (Wildman–Crippen LogP) is 3.40. The van der Waals surface area contributed by atoms with Crippen molar-refractivity contribution in [3.8, 4) is 23.1 Å².